The van der Waals surface area contributed by atoms with Crippen LogP contribution in [0.2, 0.25) is 15.1 Å². The highest BCUT2D eigenvalue weighted by molar-refractivity contribution is 6.36. The summed E-state index contributed by atoms with van der Waals surface area (Å²) in [5.74, 6) is -0.268. The fourth-order valence-electron chi connectivity index (χ4n) is 3.20. The Balaban J connectivity index is 1.67. The molecule has 0 saturated heterocycles. The topological polar surface area (TPSA) is 68.5 Å². The van der Waals surface area contributed by atoms with E-state index in [0.29, 0.717) is 27.4 Å². The van der Waals surface area contributed by atoms with Crippen LogP contribution in [0.25, 0.3) is 22.1 Å². The summed E-state index contributed by atoms with van der Waals surface area (Å²) >= 11 is 18.5. The van der Waals surface area contributed by atoms with Gasteiger partial charge in [0.1, 0.15) is 11.3 Å². The lowest BCUT2D eigenvalue weighted by molar-refractivity contribution is 0.102. The van der Waals surface area contributed by atoms with Gasteiger partial charge >= 0.3 is 5.63 Å². The zero-order chi connectivity index (χ0) is 22.1. The molecule has 4 aromatic rings. The number of nitrogens with one attached hydrogen (secondary N) is 1. The predicted octanol–water partition coefficient (Wildman–Crippen LogP) is 6.68. The molecule has 3 aromatic carbocycles. The summed E-state index contributed by atoms with van der Waals surface area (Å²) in [7, 11) is 1.41. The average Bonchev–Trinajstić information content (AvgIpc) is 2.73. The number of anilines is 1. The molecule has 1 aromatic heterocycles. The van der Waals surface area contributed by atoms with Crippen LogP contribution >= 0.6 is 34.8 Å². The molecule has 1 amide bonds. The van der Waals surface area contributed by atoms with Crippen LogP contribution in [0.4, 0.5) is 5.69 Å². The molecule has 156 valence electrons. The zero-order valence-electron chi connectivity index (χ0n) is 16.0. The lowest BCUT2D eigenvalue weighted by atomic mass is 10.1. The fourth-order valence-corrected chi connectivity index (χ4v) is 4.05. The standard InChI is InChI=1S/C23H14Cl3NO4/c1-30-21-17(9-13(24)10-19(21)26)22(28)27-14-6-7-15(18(25)11-14)16-8-12-4-2-3-5-20(12)31-23(16)29/h2-11H,1H3,(H,27,28). The van der Waals surface area contributed by atoms with E-state index in [-0.39, 0.29) is 21.4 Å². The molecule has 1 heterocycles. The highest BCUT2D eigenvalue weighted by Gasteiger charge is 2.18. The number of rotatable bonds is 4. The second-order valence-electron chi connectivity index (χ2n) is 6.60. The summed E-state index contributed by atoms with van der Waals surface area (Å²) < 4.78 is 10.6. The molecule has 31 heavy (non-hydrogen) atoms. The Labute approximate surface area is 192 Å². The maximum Gasteiger partial charge on any atom is 0.344 e. The Bertz CT molecular complexity index is 1380. The zero-order valence-corrected chi connectivity index (χ0v) is 18.3. The summed E-state index contributed by atoms with van der Waals surface area (Å²) in [6.07, 6.45) is 0. The minimum atomic E-state index is -0.504. The van der Waals surface area contributed by atoms with E-state index >= 15 is 0 Å². The van der Waals surface area contributed by atoms with Crippen LogP contribution in [0.1, 0.15) is 10.4 Å². The molecule has 0 aliphatic heterocycles. The smallest absolute Gasteiger partial charge is 0.344 e. The minimum absolute atomic E-state index is 0.176. The lowest BCUT2D eigenvalue weighted by Crippen LogP contribution is -2.13. The molecule has 0 aliphatic carbocycles. The summed E-state index contributed by atoms with van der Waals surface area (Å²) in [4.78, 5) is 25.2. The van der Waals surface area contributed by atoms with Gasteiger partial charge in [0.15, 0.2) is 0 Å². The SMILES string of the molecule is COc1c(Cl)cc(Cl)cc1C(=O)Nc1ccc(-c2cc3ccccc3oc2=O)c(Cl)c1. The van der Waals surface area contributed by atoms with Crippen LogP contribution in [0.3, 0.4) is 0 Å². The molecule has 1 N–H and O–H groups in total. The number of methoxy groups -OCH3 is 1. The molecule has 4 rings (SSSR count). The summed E-state index contributed by atoms with van der Waals surface area (Å²) in [5.41, 5.74) is 1.39. The predicted molar refractivity (Wildman–Crippen MR) is 124 cm³/mol. The van der Waals surface area contributed by atoms with Gasteiger partial charge in [-0.1, -0.05) is 59.1 Å². The number of carbonyl (C=O) groups is 1. The van der Waals surface area contributed by atoms with Crippen molar-refractivity contribution in [1.29, 1.82) is 0 Å². The molecular weight excluding hydrogens is 461 g/mol. The molecule has 0 spiro atoms. The van der Waals surface area contributed by atoms with Crippen LogP contribution < -0.4 is 15.7 Å². The third-order valence-corrected chi connectivity index (χ3v) is 5.43. The van der Waals surface area contributed by atoms with Crippen molar-refractivity contribution in [2.45, 2.75) is 0 Å². The Hall–Kier alpha value is -2.99. The summed E-state index contributed by atoms with van der Waals surface area (Å²) in [6.45, 7) is 0. The molecule has 0 saturated carbocycles. The lowest BCUT2D eigenvalue weighted by Gasteiger charge is -2.12. The largest absolute Gasteiger partial charge is 0.494 e. The van der Waals surface area contributed by atoms with E-state index in [9.17, 15) is 9.59 Å². The first-order valence-electron chi connectivity index (χ1n) is 9.04. The van der Waals surface area contributed by atoms with Crippen LogP contribution in [-0.4, -0.2) is 13.0 Å². The first-order chi connectivity index (χ1) is 14.9. The molecule has 0 fully saturated rings. The Kier molecular flexibility index (Phi) is 5.92. The van der Waals surface area contributed by atoms with Crippen molar-refractivity contribution in [3.05, 3.63) is 91.7 Å². The first kappa shape index (κ1) is 21.2. The molecule has 0 radical (unpaired) electrons. The van der Waals surface area contributed by atoms with Crippen LogP contribution in [0.15, 0.2) is 69.9 Å². The van der Waals surface area contributed by atoms with Crippen molar-refractivity contribution in [1.82, 2.24) is 0 Å². The third-order valence-electron chi connectivity index (χ3n) is 4.62. The van der Waals surface area contributed by atoms with Gasteiger partial charge in [-0.2, -0.15) is 0 Å². The second-order valence-corrected chi connectivity index (χ2v) is 7.85. The number of para-hydroxylation sites is 1. The minimum Gasteiger partial charge on any atom is -0.494 e. The molecule has 0 atom stereocenters. The highest BCUT2D eigenvalue weighted by Crippen LogP contribution is 2.34. The van der Waals surface area contributed by atoms with Crippen LogP contribution in [0, 0.1) is 0 Å². The van der Waals surface area contributed by atoms with Crippen molar-refractivity contribution in [3.8, 4) is 16.9 Å². The van der Waals surface area contributed by atoms with Crippen molar-refractivity contribution < 1.29 is 13.9 Å². The molecule has 0 aliphatic rings. The normalized spacial score (nSPS) is 10.8. The monoisotopic (exact) mass is 473 g/mol. The van der Waals surface area contributed by atoms with E-state index in [2.05, 4.69) is 5.32 Å². The van der Waals surface area contributed by atoms with E-state index in [1.165, 1.54) is 19.2 Å². The van der Waals surface area contributed by atoms with E-state index < -0.39 is 11.5 Å². The average molecular weight is 475 g/mol. The van der Waals surface area contributed by atoms with Crippen molar-refractivity contribution in [2.75, 3.05) is 12.4 Å². The van der Waals surface area contributed by atoms with E-state index in [0.717, 1.165) is 5.39 Å². The van der Waals surface area contributed by atoms with Gasteiger partial charge in [-0.3, -0.25) is 4.79 Å². The summed E-state index contributed by atoms with van der Waals surface area (Å²) in [6, 6.07) is 16.7. The molecule has 0 bridgehead atoms. The third kappa shape index (κ3) is 4.26. The van der Waals surface area contributed by atoms with Crippen LogP contribution in [-0.2, 0) is 0 Å². The maximum absolute atomic E-state index is 12.7. The van der Waals surface area contributed by atoms with E-state index in [1.54, 1.807) is 36.4 Å². The van der Waals surface area contributed by atoms with Crippen molar-refractivity contribution in [3.63, 3.8) is 0 Å². The summed E-state index contributed by atoms with van der Waals surface area (Å²) in [5, 5.41) is 4.29. The number of hydrogen-bond donors (Lipinski definition) is 1. The Morgan fingerprint density at radius 1 is 0.935 bits per heavy atom. The number of carbonyl (C=O) groups excluding carboxylic acids is 1. The number of fused-ring (bicyclic) bond motifs is 1. The van der Waals surface area contributed by atoms with Gasteiger partial charge in [-0.15, -0.1) is 0 Å². The number of halogens is 3. The highest BCUT2D eigenvalue weighted by atomic mass is 35.5. The second kappa shape index (κ2) is 8.63. The first-order valence-corrected chi connectivity index (χ1v) is 10.2. The quantitative estimate of drug-likeness (QED) is 0.335. The molecule has 5 nitrogen and oxygen atoms in total. The van der Waals surface area contributed by atoms with E-state index in [1.807, 2.05) is 12.1 Å². The van der Waals surface area contributed by atoms with Gasteiger partial charge in [0.25, 0.3) is 5.91 Å². The van der Waals surface area contributed by atoms with Gasteiger partial charge in [0.05, 0.1) is 28.3 Å². The van der Waals surface area contributed by atoms with Gasteiger partial charge in [-0.05, 0) is 36.4 Å². The molecule has 0 unspecified atom stereocenters. The fraction of sp³-hybridized carbons (Fsp3) is 0.0435. The number of hydrogen-bond acceptors (Lipinski definition) is 4. The van der Waals surface area contributed by atoms with Crippen molar-refractivity contribution in [2.24, 2.45) is 0 Å². The maximum atomic E-state index is 12.7. The Morgan fingerprint density at radius 2 is 1.71 bits per heavy atom. The Morgan fingerprint density at radius 3 is 2.45 bits per heavy atom. The molecular formula is C23H14Cl3NO4. The van der Waals surface area contributed by atoms with Gasteiger partial charge in [-0.25, -0.2) is 4.79 Å². The van der Waals surface area contributed by atoms with Gasteiger partial charge in [0.2, 0.25) is 0 Å². The number of amides is 1. The number of ether oxygens (including phenoxy) is 1. The van der Waals surface area contributed by atoms with Gasteiger partial charge < -0.3 is 14.5 Å². The van der Waals surface area contributed by atoms with E-state index in [4.69, 9.17) is 44.0 Å². The molecule has 8 heteroatoms. The van der Waals surface area contributed by atoms with Crippen molar-refractivity contribution >= 4 is 57.4 Å². The van der Waals surface area contributed by atoms with Crippen LogP contribution in [0.5, 0.6) is 5.75 Å². The van der Waals surface area contributed by atoms with Gasteiger partial charge in [0, 0.05) is 21.7 Å². The number of benzene rings is 3.